The lowest BCUT2D eigenvalue weighted by Crippen LogP contribution is -2.29. The molecule has 0 saturated carbocycles. The van der Waals surface area contributed by atoms with Gasteiger partial charge in [0.05, 0.1) is 4.91 Å². The van der Waals surface area contributed by atoms with Crippen molar-refractivity contribution >= 4 is 17.0 Å². The molecule has 2 atom stereocenters. The molecule has 2 unspecified atom stereocenters. The Balaban J connectivity index is 1.71. The van der Waals surface area contributed by atoms with Crippen LogP contribution >= 0.6 is 0 Å². The van der Waals surface area contributed by atoms with Crippen molar-refractivity contribution in [2.45, 2.75) is 38.1 Å². The normalized spacial score (nSPS) is 22.6. The Hall–Kier alpha value is -2.31. The minimum absolute atomic E-state index is 0.260. The van der Waals surface area contributed by atoms with E-state index in [-0.39, 0.29) is 6.04 Å². The van der Waals surface area contributed by atoms with E-state index in [0.717, 1.165) is 48.6 Å². The van der Waals surface area contributed by atoms with Gasteiger partial charge < -0.3 is 5.32 Å². The predicted octanol–water partition coefficient (Wildman–Crippen LogP) is 5.48. The van der Waals surface area contributed by atoms with E-state index in [0.29, 0.717) is 5.56 Å². The molecule has 3 nitrogen and oxygen atoms in total. The van der Waals surface area contributed by atoms with E-state index in [1.54, 1.807) is 6.07 Å². The first-order chi connectivity index (χ1) is 14.1. The fourth-order valence-electron chi connectivity index (χ4n) is 3.50. The minimum Gasteiger partial charge on any atom is -0.393 e. The lowest BCUT2D eigenvalue weighted by molar-refractivity contribution is 0.508. The van der Waals surface area contributed by atoms with E-state index in [1.165, 1.54) is 11.6 Å². The van der Waals surface area contributed by atoms with Gasteiger partial charge in [-0.15, -0.1) is 0 Å². The van der Waals surface area contributed by atoms with Crippen LogP contribution in [-0.4, -0.2) is 13.1 Å². The summed E-state index contributed by atoms with van der Waals surface area (Å²) in [6.07, 6.45) is 8.50. The summed E-state index contributed by atoms with van der Waals surface area (Å²) >= 11 is 0. The number of benzene rings is 2. The van der Waals surface area contributed by atoms with Crippen molar-refractivity contribution in [1.82, 2.24) is 10.0 Å². The van der Waals surface area contributed by atoms with Crippen molar-refractivity contribution in [3.05, 3.63) is 88.0 Å². The van der Waals surface area contributed by atoms with Crippen molar-refractivity contribution in [2.24, 2.45) is 0 Å². The predicted molar refractivity (Wildman–Crippen MR) is 117 cm³/mol. The lowest BCUT2D eigenvalue weighted by Gasteiger charge is -2.16. The number of halogens is 2. The zero-order valence-electron chi connectivity index (χ0n) is 16.6. The molecule has 154 valence electrons. The Morgan fingerprint density at radius 2 is 1.97 bits per heavy atom. The minimum atomic E-state index is -0.874. The van der Waals surface area contributed by atoms with Gasteiger partial charge in [-0.25, -0.2) is 13.5 Å². The highest BCUT2D eigenvalue weighted by Crippen LogP contribution is 2.28. The molecular formula is C23H27F2N3S. The van der Waals surface area contributed by atoms with Gasteiger partial charge in [0.1, 0.15) is 0 Å². The highest BCUT2D eigenvalue weighted by Gasteiger charge is 2.21. The molecule has 1 fully saturated rings. The van der Waals surface area contributed by atoms with Gasteiger partial charge in [0, 0.05) is 19.3 Å². The largest absolute Gasteiger partial charge is 0.393 e. The smallest absolute Gasteiger partial charge is 0.159 e. The van der Waals surface area contributed by atoms with Crippen molar-refractivity contribution in [2.75, 3.05) is 7.05 Å². The second-order valence-corrected chi connectivity index (χ2v) is 8.47. The molecular weight excluding hydrogens is 388 g/mol. The molecule has 3 N–H and O–H groups in total. The van der Waals surface area contributed by atoms with Crippen LogP contribution in [0.1, 0.15) is 36.8 Å². The summed E-state index contributed by atoms with van der Waals surface area (Å²) in [6.45, 7) is 0. The van der Waals surface area contributed by atoms with Gasteiger partial charge in [0.2, 0.25) is 0 Å². The molecule has 6 heteroatoms. The summed E-state index contributed by atoms with van der Waals surface area (Å²) in [4.78, 5) is 0.864. The fraction of sp³-hybridized carbons (Fsp3) is 0.304. The maximum atomic E-state index is 13.6. The molecule has 1 aliphatic rings. The Labute approximate surface area is 174 Å². The Morgan fingerprint density at radius 1 is 1.17 bits per heavy atom. The number of rotatable bonds is 6. The molecule has 3 rings (SSSR count). The van der Waals surface area contributed by atoms with Crippen LogP contribution in [0.15, 0.2) is 65.2 Å². The van der Waals surface area contributed by atoms with Crippen molar-refractivity contribution in [1.29, 1.82) is 4.78 Å². The molecule has 0 bridgehead atoms. The van der Waals surface area contributed by atoms with Crippen LogP contribution in [0.2, 0.25) is 0 Å². The summed E-state index contributed by atoms with van der Waals surface area (Å²) in [7, 11) is 0.933. The number of hydrogen-bond donors (Lipinski definition) is 3. The fourth-order valence-corrected chi connectivity index (χ4v) is 4.86. The number of hydrogen-bond acceptors (Lipinski definition) is 2. The second-order valence-electron chi connectivity index (χ2n) is 7.18. The molecule has 2 aromatic rings. The van der Waals surface area contributed by atoms with Gasteiger partial charge >= 0.3 is 0 Å². The van der Waals surface area contributed by atoms with Crippen molar-refractivity contribution in [3.8, 4) is 0 Å². The van der Waals surface area contributed by atoms with Crippen LogP contribution in [0, 0.1) is 16.4 Å². The van der Waals surface area contributed by atoms with Gasteiger partial charge in [-0.2, -0.15) is 0 Å². The maximum absolute atomic E-state index is 13.6. The Bertz CT molecular complexity index is 910. The molecule has 0 aliphatic carbocycles. The van der Waals surface area contributed by atoms with Crippen LogP contribution in [0.25, 0.3) is 6.08 Å². The molecule has 0 amide bonds. The zero-order valence-corrected chi connectivity index (χ0v) is 17.4. The van der Waals surface area contributed by atoms with Gasteiger partial charge in [-0.05, 0) is 71.8 Å². The molecule has 1 heterocycles. The zero-order chi connectivity index (χ0) is 20.6. The van der Waals surface area contributed by atoms with Crippen LogP contribution in [0.3, 0.4) is 0 Å². The summed E-state index contributed by atoms with van der Waals surface area (Å²) < 4.78 is 38.9. The van der Waals surface area contributed by atoms with Gasteiger partial charge in [0.25, 0.3) is 0 Å². The van der Waals surface area contributed by atoms with E-state index in [2.05, 4.69) is 34.3 Å². The number of allylic oxidation sites excluding steroid dienone is 1. The quantitative estimate of drug-likeness (QED) is 0.585. The molecule has 0 aromatic heterocycles. The summed E-state index contributed by atoms with van der Waals surface area (Å²) in [5.74, 6) is -1.70. The van der Waals surface area contributed by atoms with Gasteiger partial charge in [-0.1, -0.05) is 42.5 Å². The van der Waals surface area contributed by atoms with Crippen LogP contribution < -0.4 is 10.0 Å². The SMILES string of the molecule is CN/C=C1\C(=C\c2ccc(F)c(F)c2)CCC(CCCc2ccccc2)NS1=N. The summed E-state index contributed by atoms with van der Waals surface area (Å²) in [5, 5.41) is 3.02. The van der Waals surface area contributed by atoms with Crippen LogP contribution in [0.4, 0.5) is 8.78 Å². The van der Waals surface area contributed by atoms with E-state index in [4.69, 9.17) is 4.78 Å². The first-order valence-electron chi connectivity index (χ1n) is 9.86. The van der Waals surface area contributed by atoms with Gasteiger partial charge in [0.15, 0.2) is 11.6 Å². The first-order valence-corrected chi connectivity index (χ1v) is 11.1. The molecule has 1 saturated heterocycles. The second kappa shape index (κ2) is 10.5. The average molecular weight is 416 g/mol. The van der Waals surface area contributed by atoms with Gasteiger partial charge in [-0.3, -0.25) is 4.78 Å². The molecule has 1 aliphatic heterocycles. The van der Waals surface area contributed by atoms with E-state index >= 15 is 0 Å². The Kier molecular flexibility index (Phi) is 7.72. The average Bonchev–Trinajstić information content (AvgIpc) is 2.85. The highest BCUT2D eigenvalue weighted by atomic mass is 32.2. The van der Waals surface area contributed by atoms with E-state index in [1.807, 2.05) is 25.4 Å². The number of aryl methyl sites for hydroxylation is 1. The standard InChI is InChI=1S/C23H27F2N3S/c1-27-16-23-19(14-18-10-13-21(24)22(25)15-18)11-12-20(28-29(23)26)9-5-8-17-6-3-2-4-7-17/h2-4,6-7,10,13-16,20,27H,5,8-9,11-12H2,1H3,(H2,26,28)/b19-14+,23-16+. The lowest BCUT2D eigenvalue weighted by atomic mass is 9.98. The first kappa shape index (κ1) is 21.4. The third-order valence-electron chi connectivity index (χ3n) is 5.00. The molecule has 29 heavy (non-hydrogen) atoms. The molecule has 0 radical (unpaired) electrons. The topological polar surface area (TPSA) is 47.9 Å². The number of nitrogens with one attached hydrogen (secondary N) is 3. The molecule has 0 spiro atoms. The summed E-state index contributed by atoms with van der Waals surface area (Å²) in [5.41, 5.74) is 2.93. The maximum Gasteiger partial charge on any atom is 0.159 e. The van der Waals surface area contributed by atoms with E-state index in [9.17, 15) is 8.78 Å². The van der Waals surface area contributed by atoms with Crippen molar-refractivity contribution in [3.63, 3.8) is 0 Å². The Morgan fingerprint density at radius 3 is 2.69 bits per heavy atom. The van der Waals surface area contributed by atoms with Crippen LogP contribution in [0.5, 0.6) is 0 Å². The molecule has 2 aromatic carbocycles. The third-order valence-corrected chi connectivity index (χ3v) is 6.39. The third kappa shape index (κ3) is 6.08. The van der Waals surface area contributed by atoms with Crippen LogP contribution in [-0.2, 0) is 17.3 Å². The van der Waals surface area contributed by atoms with Crippen molar-refractivity contribution < 1.29 is 8.78 Å². The highest BCUT2D eigenvalue weighted by molar-refractivity contribution is 7.88. The van der Waals surface area contributed by atoms with E-state index < -0.39 is 22.5 Å². The summed E-state index contributed by atoms with van der Waals surface area (Å²) in [6, 6.07) is 14.6. The monoisotopic (exact) mass is 415 g/mol.